The molecule has 5 nitrogen and oxygen atoms in total. The van der Waals surface area contributed by atoms with Crippen molar-refractivity contribution in [1.82, 2.24) is 0 Å². The van der Waals surface area contributed by atoms with Crippen molar-refractivity contribution in [2.45, 2.75) is 18.2 Å². The van der Waals surface area contributed by atoms with Gasteiger partial charge in [0.1, 0.15) is 0 Å². The molecule has 0 heterocycles. The second-order valence-electron chi connectivity index (χ2n) is 4.82. The minimum atomic E-state index is -3.74. The zero-order valence-corrected chi connectivity index (χ0v) is 12.2. The van der Waals surface area contributed by atoms with Crippen LogP contribution in [0.5, 0.6) is 0 Å². The lowest BCUT2D eigenvalue weighted by molar-refractivity contribution is 0.0697. The van der Waals surface area contributed by atoms with Crippen LogP contribution in [0.1, 0.15) is 27.0 Å². The van der Waals surface area contributed by atoms with Gasteiger partial charge in [0.2, 0.25) is 10.0 Å². The van der Waals surface area contributed by atoms with E-state index >= 15 is 0 Å². The first-order chi connectivity index (χ1) is 9.77. The fraction of sp³-hybridized carbons (Fsp3) is 0.133. The lowest BCUT2D eigenvalue weighted by Crippen LogP contribution is -2.14. The first kappa shape index (κ1) is 15.2. The predicted molar refractivity (Wildman–Crippen MR) is 78.8 cm³/mol. The van der Waals surface area contributed by atoms with Gasteiger partial charge in [0, 0.05) is 0 Å². The van der Waals surface area contributed by atoms with Crippen LogP contribution in [-0.4, -0.2) is 19.5 Å². The molecule has 110 valence electrons. The number of carboxylic acid groups (broad SMARTS) is 1. The van der Waals surface area contributed by atoms with E-state index in [1.165, 1.54) is 12.1 Å². The Hall–Kier alpha value is -2.18. The molecule has 2 aromatic carbocycles. The maximum Gasteiger partial charge on any atom is 0.335 e. The summed E-state index contributed by atoms with van der Waals surface area (Å²) in [6.07, 6.45) is 0.503. The quantitative estimate of drug-likeness (QED) is 0.901. The number of benzene rings is 2. The number of carbonyl (C=O) groups is 1. The van der Waals surface area contributed by atoms with Crippen molar-refractivity contribution in [2.75, 3.05) is 0 Å². The first-order valence-electron chi connectivity index (χ1n) is 6.22. The highest BCUT2D eigenvalue weighted by Gasteiger charge is 2.12. The van der Waals surface area contributed by atoms with Gasteiger partial charge in [-0.05, 0) is 48.2 Å². The van der Waals surface area contributed by atoms with E-state index in [0.29, 0.717) is 12.0 Å². The third kappa shape index (κ3) is 3.68. The van der Waals surface area contributed by atoms with Gasteiger partial charge in [-0.25, -0.2) is 18.4 Å². The Morgan fingerprint density at radius 3 is 2.19 bits per heavy atom. The second kappa shape index (κ2) is 5.67. The molecule has 3 N–H and O–H groups in total. The molecule has 0 aliphatic rings. The summed E-state index contributed by atoms with van der Waals surface area (Å²) in [5, 5.41) is 14.0. The van der Waals surface area contributed by atoms with Crippen LogP contribution in [0.3, 0.4) is 0 Å². The number of nitrogens with two attached hydrogens (primary N) is 1. The van der Waals surface area contributed by atoms with Crippen molar-refractivity contribution in [3.63, 3.8) is 0 Å². The van der Waals surface area contributed by atoms with E-state index in [0.717, 1.165) is 11.1 Å². The van der Waals surface area contributed by atoms with E-state index in [2.05, 4.69) is 0 Å². The van der Waals surface area contributed by atoms with Crippen molar-refractivity contribution < 1.29 is 18.3 Å². The van der Waals surface area contributed by atoms with Crippen LogP contribution in [0, 0.1) is 6.92 Å². The van der Waals surface area contributed by atoms with Gasteiger partial charge in [-0.1, -0.05) is 24.3 Å². The molecule has 0 bridgehead atoms. The second-order valence-corrected chi connectivity index (χ2v) is 6.35. The first-order valence-corrected chi connectivity index (χ1v) is 7.76. The number of hydrogen-bond donors (Lipinski definition) is 2. The summed E-state index contributed by atoms with van der Waals surface area (Å²) in [5.41, 5.74) is 2.51. The number of aromatic carboxylic acids is 1. The molecule has 0 radical (unpaired) electrons. The molecule has 0 aromatic heterocycles. The molecule has 0 atom stereocenters. The lowest BCUT2D eigenvalue weighted by Gasteiger charge is -2.07. The van der Waals surface area contributed by atoms with Gasteiger partial charge in [-0.15, -0.1) is 0 Å². The zero-order valence-electron chi connectivity index (χ0n) is 11.4. The fourth-order valence-electron chi connectivity index (χ4n) is 2.06. The van der Waals surface area contributed by atoms with E-state index in [9.17, 15) is 13.2 Å². The highest BCUT2D eigenvalue weighted by molar-refractivity contribution is 7.89. The third-order valence-electron chi connectivity index (χ3n) is 3.17. The smallest absolute Gasteiger partial charge is 0.335 e. The summed E-state index contributed by atoms with van der Waals surface area (Å²) >= 11 is 0. The summed E-state index contributed by atoms with van der Waals surface area (Å²) in [7, 11) is -3.74. The highest BCUT2D eigenvalue weighted by Crippen LogP contribution is 2.18. The average Bonchev–Trinajstić information content (AvgIpc) is 2.40. The Kier molecular flexibility index (Phi) is 4.11. The number of sulfonamides is 1. The van der Waals surface area contributed by atoms with E-state index < -0.39 is 16.0 Å². The number of hydrogen-bond acceptors (Lipinski definition) is 3. The van der Waals surface area contributed by atoms with E-state index in [1.807, 2.05) is 6.07 Å². The number of carboxylic acids is 1. The Bertz CT molecular complexity index is 780. The van der Waals surface area contributed by atoms with Gasteiger partial charge in [-0.3, -0.25) is 0 Å². The van der Waals surface area contributed by atoms with Gasteiger partial charge < -0.3 is 5.11 Å². The Balaban J connectivity index is 2.30. The molecule has 0 aliphatic carbocycles. The highest BCUT2D eigenvalue weighted by atomic mass is 32.2. The number of aryl methyl sites for hydroxylation is 1. The van der Waals surface area contributed by atoms with Crippen LogP contribution in [0.4, 0.5) is 0 Å². The van der Waals surface area contributed by atoms with E-state index in [4.69, 9.17) is 10.2 Å². The van der Waals surface area contributed by atoms with Crippen LogP contribution in [0.25, 0.3) is 0 Å². The normalized spacial score (nSPS) is 11.3. The van der Waals surface area contributed by atoms with Crippen molar-refractivity contribution in [2.24, 2.45) is 5.14 Å². The molecule has 2 aromatic rings. The number of primary sulfonamides is 1. The third-order valence-corrected chi connectivity index (χ3v) is 4.22. The predicted octanol–water partition coefficient (Wildman–Crippen LogP) is 1.93. The summed E-state index contributed by atoms with van der Waals surface area (Å²) in [6, 6.07) is 11.5. The monoisotopic (exact) mass is 305 g/mol. The van der Waals surface area contributed by atoms with Crippen LogP contribution in [-0.2, 0) is 16.4 Å². The van der Waals surface area contributed by atoms with Gasteiger partial charge in [-0.2, -0.15) is 0 Å². The Morgan fingerprint density at radius 1 is 1.10 bits per heavy atom. The molecule has 0 saturated carbocycles. The topological polar surface area (TPSA) is 97.5 Å². The van der Waals surface area contributed by atoms with Crippen molar-refractivity contribution in [3.05, 3.63) is 64.7 Å². The van der Waals surface area contributed by atoms with Crippen LogP contribution >= 0.6 is 0 Å². The lowest BCUT2D eigenvalue weighted by atomic mass is 10.0. The molecule has 0 spiro atoms. The maximum atomic E-state index is 11.5. The molecule has 0 aliphatic heterocycles. The standard InChI is InChI=1S/C15H15NO4S/c1-10-2-3-12(9-14(10)21(16,19)20)8-11-4-6-13(7-5-11)15(17)18/h2-7,9H,8H2,1H3,(H,17,18)(H2,16,19,20). The van der Waals surface area contributed by atoms with Crippen LogP contribution in [0.2, 0.25) is 0 Å². The Morgan fingerprint density at radius 2 is 1.67 bits per heavy atom. The van der Waals surface area contributed by atoms with Gasteiger partial charge in [0.15, 0.2) is 0 Å². The Labute approximate surface area is 123 Å². The molecule has 0 saturated heterocycles. The van der Waals surface area contributed by atoms with Gasteiger partial charge in [0.05, 0.1) is 10.5 Å². The van der Waals surface area contributed by atoms with Crippen molar-refractivity contribution in [1.29, 1.82) is 0 Å². The molecule has 6 heteroatoms. The summed E-state index contributed by atoms with van der Waals surface area (Å²) in [5.74, 6) is -0.978. The molecule has 2 rings (SSSR count). The largest absolute Gasteiger partial charge is 0.478 e. The molecular formula is C15H15NO4S. The minimum Gasteiger partial charge on any atom is -0.478 e. The molecule has 0 amide bonds. The number of rotatable bonds is 4. The van der Waals surface area contributed by atoms with E-state index in [1.54, 1.807) is 31.2 Å². The molecular weight excluding hydrogens is 290 g/mol. The molecule has 21 heavy (non-hydrogen) atoms. The summed E-state index contributed by atoms with van der Waals surface area (Å²) in [6.45, 7) is 1.69. The van der Waals surface area contributed by atoms with Crippen LogP contribution in [0.15, 0.2) is 47.4 Å². The molecule has 0 unspecified atom stereocenters. The minimum absolute atomic E-state index is 0.113. The SMILES string of the molecule is Cc1ccc(Cc2ccc(C(=O)O)cc2)cc1S(N)(=O)=O. The fourth-order valence-corrected chi connectivity index (χ4v) is 2.89. The van der Waals surface area contributed by atoms with Crippen LogP contribution < -0.4 is 5.14 Å². The zero-order chi connectivity index (χ0) is 15.6. The maximum absolute atomic E-state index is 11.5. The average molecular weight is 305 g/mol. The van der Waals surface area contributed by atoms with E-state index in [-0.39, 0.29) is 10.5 Å². The molecule has 0 fully saturated rings. The van der Waals surface area contributed by atoms with Crippen molar-refractivity contribution in [3.8, 4) is 0 Å². The van der Waals surface area contributed by atoms with Crippen molar-refractivity contribution >= 4 is 16.0 Å². The summed E-state index contributed by atoms with van der Waals surface area (Å²) in [4.78, 5) is 10.9. The van der Waals surface area contributed by atoms with Gasteiger partial charge >= 0.3 is 5.97 Å². The summed E-state index contributed by atoms with van der Waals surface area (Å²) < 4.78 is 23.0. The van der Waals surface area contributed by atoms with Gasteiger partial charge in [0.25, 0.3) is 0 Å².